The topological polar surface area (TPSA) is 27.8 Å². The van der Waals surface area contributed by atoms with Crippen LogP contribution in [0.2, 0.25) is 5.02 Å². The third-order valence-corrected chi connectivity index (χ3v) is 4.76. The Kier molecular flexibility index (Phi) is 4.10. The number of nitrogens with one attached hydrogen (secondary N) is 2. The average molecular weight is 305 g/mol. The van der Waals surface area contributed by atoms with E-state index < -0.39 is 0 Å². The van der Waals surface area contributed by atoms with E-state index in [4.69, 9.17) is 11.6 Å². The molecule has 2 heterocycles. The summed E-state index contributed by atoms with van der Waals surface area (Å²) in [7, 11) is 0. The van der Waals surface area contributed by atoms with Gasteiger partial charge in [0.2, 0.25) is 0 Å². The maximum Gasteiger partial charge on any atom is 0.0705 e. The summed E-state index contributed by atoms with van der Waals surface area (Å²) < 4.78 is 0. The van der Waals surface area contributed by atoms with Crippen LogP contribution in [0.25, 0.3) is 10.9 Å². The Bertz CT molecular complexity index is 688. The first-order valence-electron chi connectivity index (χ1n) is 6.75. The molecular formula is C16H17ClN2S. The summed E-state index contributed by atoms with van der Waals surface area (Å²) >= 11 is 8.22. The fourth-order valence-corrected chi connectivity index (χ4v) is 3.48. The van der Waals surface area contributed by atoms with Crippen LogP contribution < -0.4 is 5.32 Å². The molecule has 0 aliphatic heterocycles. The molecule has 0 spiro atoms. The first kappa shape index (κ1) is 13.7. The van der Waals surface area contributed by atoms with Crippen LogP contribution >= 0.6 is 22.9 Å². The molecule has 3 aromatic rings. The van der Waals surface area contributed by atoms with Crippen molar-refractivity contribution in [3.8, 4) is 0 Å². The number of fused-ring (bicyclic) bond motifs is 1. The van der Waals surface area contributed by atoms with E-state index in [-0.39, 0.29) is 0 Å². The van der Waals surface area contributed by atoms with Crippen LogP contribution in [0, 0.1) is 0 Å². The van der Waals surface area contributed by atoms with Gasteiger partial charge in [-0.15, -0.1) is 11.3 Å². The highest BCUT2D eigenvalue weighted by molar-refractivity contribution is 7.09. The summed E-state index contributed by atoms with van der Waals surface area (Å²) in [6.45, 7) is 2.97. The summed E-state index contributed by atoms with van der Waals surface area (Å²) in [4.78, 5) is 4.80. The number of para-hydroxylation sites is 1. The van der Waals surface area contributed by atoms with Gasteiger partial charge in [-0.2, -0.15) is 0 Å². The van der Waals surface area contributed by atoms with Crippen molar-refractivity contribution < 1.29 is 0 Å². The second-order valence-corrected chi connectivity index (χ2v) is 6.44. The zero-order chi connectivity index (χ0) is 13.9. The molecule has 1 unspecified atom stereocenters. The number of aromatic nitrogens is 1. The highest BCUT2D eigenvalue weighted by atomic mass is 35.5. The Labute approximate surface area is 127 Å². The van der Waals surface area contributed by atoms with Crippen molar-refractivity contribution >= 4 is 33.8 Å². The Morgan fingerprint density at radius 2 is 2.10 bits per heavy atom. The normalized spacial score (nSPS) is 12.9. The first-order valence-corrected chi connectivity index (χ1v) is 8.00. The van der Waals surface area contributed by atoms with Gasteiger partial charge in [0.25, 0.3) is 0 Å². The third kappa shape index (κ3) is 2.90. The molecule has 1 atom stereocenters. The van der Waals surface area contributed by atoms with Gasteiger partial charge in [0, 0.05) is 34.1 Å². The molecule has 0 aliphatic rings. The molecule has 0 fully saturated rings. The molecule has 0 saturated carbocycles. The molecule has 2 N–H and O–H groups in total. The van der Waals surface area contributed by atoms with Crippen LogP contribution in [-0.4, -0.2) is 11.0 Å². The maximum absolute atomic E-state index is 6.41. The highest BCUT2D eigenvalue weighted by Gasteiger charge is 2.10. The molecule has 2 aromatic heterocycles. The number of thiophene rings is 1. The van der Waals surface area contributed by atoms with Crippen molar-refractivity contribution in [2.45, 2.75) is 25.9 Å². The standard InChI is InChI=1S/C16H17ClN2S/c1-11(9-12-5-4-8-20-12)18-10-15-16(17)13-6-2-3-7-14(13)19-15/h2-8,11,18-19H,9-10H2,1H3. The van der Waals surface area contributed by atoms with Gasteiger partial charge in [0.1, 0.15) is 0 Å². The highest BCUT2D eigenvalue weighted by Crippen LogP contribution is 2.27. The molecule has 0 radical (unpaired) electrons. The molecule has 0 saturated heterocycles. The minimum absolute atomic E-state index is 0.427. The van der Waals surface area contributed by atoms with E-state index in [0.717, 1.165) is 34.6 Å². The predicted octanol–water partition coefficient (Wildman–Crippen LogP) is 4.60. The van der Waals surface area contributed by atoms with E-state index in [9.17, 15) is 0 Å². The smallest absolute Gasteiger partial charge is 0.0705 e. The van der Waals surface area contributed by atoms with Crippen molar-refractivity contribution in [2.75, 3.05) is 0 Å². The van der Waals surface area contributed by atoms with Crippen LogP contribution in [0.1, 0.15) is 17.5 Å². The van der Waals surface area contributed by atoms with Crippen molar-refractivity contribution in [2.24, 2.45) is 0 Å². The number of hydrogen-bond acceptors (Lipinski definition) is 2. The van der Waals surface area contributed by atoms with Crippen LogP contribution in [0.15, 0.2) is 41.8 Å². The van der Waals surface area contributed by atoms with Crippen LogP contribution in [-0.2, 0) is 13.0 Å². The van der Waals surface area contributed by atoms with Crippen molar-refractivity contribution in [3.63, 3.8) is 0 Å². The van der Waals surface area contributed by atoms with E-state index >= 15 is 0 Å². The lowest BCUT2D eigenvalue weighted by atomic mass is 10.2. The van der Waals surface area contributed by atoms with Gasteiger partial charge in [0.05, 0.1) is 5.02 Å². The minimum Gasteiger partial charge on any atom is -0.356 e. The zero-order valence-electron chi connectivity index (χ0n) is 11.3. The van der Waals surface area contributed by atoms with Gasteiger partial charge in [0.15, 0.2) is 0 Å². The van der Waals surface area contributed by atoms with Crippen molar-refractivity contribution in [1.82, 2.24) is 10.3 Å². The van der Waals surface area contributed by atoms with Crippen LogP contribution in [0.4, 0.5) is 0 Å². The number of rotatable bonds is 5. The lowest BCUT2D eigenvalue weighted by molar-refractivity contribution is 0.544. The van der Waals surface area contributed by atoms with Gasteiger partial charge in [-0.1, -0.05) is 35.9 Å². The number of halogens is 1. The molecule has 0 aliphatic carbocycles. The van der Waals surface area contributed by atoms with E-state index in [1.165, 1.54) is 4.88 Å². The van der Waals surface area contributed by atoms with E-state index in [2.05, 4.69) is 40.8 Å². The zero-order valence-corrected chi connectivity index (χ0v) is 12.9. The summed E-state index contributed by atoms with van der Waals surface area (Å²) in [6.07, 6.45) is 1.05. The minimum atomic E-state index is 0.427. The summed E-state index contributed by atoms with van der Waals surface area (Å²) in [5, 5.41) is 7.58. The van der Waals surface area contributed by atoms with E-state index in [1.807, 2.05) is 18.2 Å². The third-order valence-electron chi connectivity index (χ3n) is 3.43. The second-order valence-electron chi connectivity index (χ2n) is 5.03. The van der Waals surface area contributed by atoms with E-state index in [0.29, 0.717) is 6.04 Å². The monoisotopic (exact) mass is 304 g/mol. The fourth-order valence-electron chi connectivity index (χ4n) is 2.36. The fraction of sp³-hybridized carbons (Fsp3) is 0.250. The molecule has 0 bridgehead atoms. The Morgan fingerprint density at radius 3 is 2.85 bits per heavy atom. The lowest BCUT2D eigenvalue weighted by Crippen LogP contribution is -2.27. The largest absolute Gasteiger partial charge is 0.356 e. The quantitative estimate of drug-likeness (QED) is 0.708. The van der Waals surface area contributed by atoms with Gasteiger partial charge in [-0.25, -0.2) is 0 Å². The summed E-state index contributed by atoms with van der Waals surface area (Å²) in [6, 6.07) is 12.8. The molecule has 1 aromatic carbocycles. The van der Waals surface area contributed by atoms with Gasteiger partial charge >= 0.3 is 0 Å². The van der Waals surface area contributed by atoms with Gasteiger partial charge in [-0.05, 0) is 30.9 Å². The predicted molar refractivity (Wildman–Crippen MR) is 87.6 cm³/mol. The summed E-state index contributed by atoms with van der Waals surface area (Å²) in [5.74, 6) is 0. The Morgan fingerprint density at radius 1 is 1.25 bits per heavy atom. The maximum atomic E-state index is 6.41. The lowest BCUT2D eigenvalue weighted by Gasteiger charge is -2.12. The SMILES string of the molecule is CC(Cc1cccs1)NCc1[nH]c2ccccc2c1Cl. The molecule has 20 heavy (non-hydrogen) atoms. The first-order chi connectivity index (χ1) is 9.74. The number of aromatic amines is 1. The van der Waals surface area contributed by atoms with Crippen LogP contribution in [0.5, 0.6) is 0 Å². The summed E-state index contributed by atoms with van der Waals surface area (Å²) in [5.41, 5.74) is 2.16. The number of hydrogen-bond donors (Lipinski definition) is 2. The van der Waals surface area contributed by atoms with Crippen molar-refractivity contribution in [1.29, 1.82) is 0 Å². The van der Waals surface area contributed by atoms with Crippen molar-refractivity contribution in [3.05, 3.63) is 57.4 Å². The Balaban J connectivity index is 1.66. The molecule has 4 heteroatoms. The molecule has 0 amide bonds. The van der Waals surface area contributed by atoms with E-state index in [1.54, 1.807) is 11.3 Å². The second kappa shape index (κ2) is 6.00. The molecular weight excluding hydrogens is 288 g/mol. The average Bonchev–Trinajstić information content (AvgIpc) is 3.06. The number of H-pyrrole nitrogens is 1. The Hall–Kier alpha value is -1.29. The van der Waals surface area contributed by atoms with Crippen LogP contribution in [0.3, 0.4) is 0 Å². The van der Waals surface area contributed by atoms with Gasteiger partial charge < -0.3 is 10.3 Å². The molecule has 2 nitrogen and oxygen atoms in total. The molecule has 104 valence electrons. The number of benzene rings is 1. The molecule has 3 rings (SSSR count). The van der Waals surface area contributed by atoms with Gasteiger partial charge in [-0.3, -0.25) is 0 Å².